The van der Waals surface area contributed by atoms with Gasteiger partial charge in [-0.3, -0.25) is 0 Å². The Hall–Kier alpha value is -2.05. The zero-order chi connectivity index (χ0) is 12.3. The quantitative estimate of drug-likeness (QED) is 0.809. The average Bonchev–Trinajstić information content (AvgIpc) is 2.34. The second-order valence-corrected chi connectivity index (χ2v) is 3.95. The highest BCUT2D eigenvalue weighted by atomic mass is 35.5. The van der Waals surface area contributed by atoms with Crippen molar-refractivity contribution >= 4 is 11.6 Å². The fourth-order valence-corrected chi connectivity index (χ4v) is 1.57. The van der Waals surface area contributed by atoms with Crippen LogP contribution in [-0.2, 0) is 0 Å². The Morgan fingerprint density at radius 2 is 2.12 bits per heavy atom. The molecular weight excluding hydrogens is 236 g/mol. The molecule has 17 heavy (non-hydrogen) atoms. The molecule has 4 heteroatoms. The van der Waals surface area contributed by atoms with E-state index < -0.39 is 0 Å². The smallest absolute Gasteiger partial charge is 0.219 e. The molecule has 2 rings (SSSR count). The summed E-state index contributed by atoms with van der Waals surface area (Å²) >= 11 is 5.85. The van der Waals surface area contributed by atoms with Gasteiger partial charge in [0.15, 0.2) is 0 Å². The molecule has 0 fully saturated rings. The number of aromatic nitrogens is 1. The predicted octanol–water partition coefficient (Wildman–Crippen LogP) is 3.71. The van der Waals surface area contributed by atoms with Gasteiger partial charge >= 0.3 is 0 Å². The molecule has 1 aromatic heterocycles. The van der Waals surface area contributed by atoms with Gasteiger partial charge in [0.2, 0.25) is 5.88 Å². The van der Waals surface area contributed by atoms with E-state index in [1.165, 1.54) is 6.20 Å². The monoisotopic (exact) mass is 244 g/mol. The van der Waals surface area contributed by atoms with Crippen molar-refractivity contribution in [3.8, 4) is 17.7 Å². The second-order valence-electron chi connectivity index (χ2n) is 3.51. The van der Waals surface area contributed by atoms with Crippen LogP contribution in [0.5, 0.6) is 11.6 Å². The van der Waals surface area contributed by atoms with Gasteiger partial charge in [0.1, 0.15) is 11.8 Å². The Bertz CT molecular complexity index is 573. The van der Waals surface area contributed by atoms with Crippen molar-refractivity contribution in [1.82, 2.24) is 4.98 Å². The lowest BCUT2D eigenvalue weighted by Gasteiger charge is -2.07. The van der Waals surface area contributed by atoms with E-state index in [9.17, 15) is 0 Å². The maximum absolute atomic E-state index is 8.65. The summed E-state index contributed by atoms with van der Waals surface area (Å²) in [4.78, 5) is 4.03. The molecule has 0 aliphatic rings. The van der Waals surface area contributed by atoms with Crippen LogP contribution in [-0.4, -0.2) is 4.98 Å². The van der Waals surface area contributed by atoms with E-state index in [4.69, 9.17) is 21.6 Å². The van der Waals surface area contributed by atoms with Crippen LogP contribution in [0.15, 0.2) is 36.5 Å². The van der Waals surface area contributed by atoms with Crippen LogP contribution in [0.2, 0.25) is 5.02 Å². The van der Waals surface area contributed by atoms with Crippen molar-refractivity contribution in [1.29, 1.82) is 5.26 Å². The number of hydrogen-bond donors (Lipinski definition) is 0. The number of aryl methyl sites for hydroxylation is 1. The molecule has 0 aliphatic heterocycles. The van der Waals surface area contributed by atoms with E-state index in [0.717, 1.165) is 5.56 Å². The molecule has 0 saturated heterocycles. The van der Waals surface area contributed by atoms with E-state index in [0.29, 0.717) is 22.2 Å². The molecule has 0 unspecified atom stereocenters. The maximum atomic E-state index is 8.65. The topological polar surface area (TPSA) is 45.9 Å². The standard InChI is InChI=1S/C13H9ClN2O/c1-9-6-11(14)3-4-12(9)17-13-5-2-10(7-15)8-16-13/h2-6,8H,1H3. The van der Waals surface area contributed by atoms with Gasteiger partial charge in [0, 0.05) is 17.3 Å². The number of hydrogen-bond acceptors (Lipinski definition) is 3. The zero-order valence-corrected chi connectivity index (χ0v) is 9.90. The molecule has 0 atom stereocenters. The van der Waals surface area contributed by atoms with Gasteiger partial charge in [-0.25, -0.2) is 4.98 Å². The van der Waals surface area contributed by atoms with Crippen molar-refractivity contribution < 1.29 is 4.74 Å². The van der Waals surface area contributed by atoms with Gasteiger partial charge < -0.3 is 4.74 Å². The number of ether oxygens (including phenoxy) is 1. The van der Waals surface area contributed by atoms with Crippen LogP contribution in [0.3, 0.4) is 0 Å². The van der Waals surface area contributed by atoms with Gasteiger partial charge in [0.25, 0.3) is 0 Å². The van der Waals surface area contributed by atoms with Crippen LogP contribution in [0.1, 0.15) is 11.1 Å². The zero-order valence-electron chi connectivity index (χ0n) is 9.14. The molecule has 0 spiro atoms. The molecule has 0 bridgehead atoms. The minimum atomic E-state index is 0.453. The highest BCUT2D eigenvalue weighted by Crippen LogP contribution is 2.25. The average molecular weight is 245 g/mol. The predicted molar refractivity (Wildman–Crippen MR) is 65.2 cm³/mol. The van der Waals surface area contributed by atoms with Gasteiger partial charge in [-0.2, -0.15) is 5.26 Å². The lowest BCUT2D eigenvalue weighted by Crippen LogP contribution is -1.90. The summed E-state index contributed by atoms with van der Waals surface area (Å²) in [7, 11) is 0. The van der Waals surface area contributed by atoms with E-state index >= 15 is 0 Å². The first-order valence-corrected chi connectivity index (χ1v) is 5.37. The van der Waals surface area contributed by atoms with E-state index in [1.54, 1.807) is 24.3 Å². The van der Waals surface area contributed by atoms with Crippen molar-refractivity contribution in [2.45, 2.75) is 6.92 Å². The van der Waals surface area contributed by atoms with Crippen LogP contribution in [0.25, 0.3) is 0 Å². The first-order chi connectivity index (χ1) is 8.19. The van der Waals surface area contributed by atoms with Gasteiger partial charge in [-0.1, -0.05) is 11.6 Å². The fraction of sp³-hybridized carbons (Fsp3) is 0.0769. The normalized spacial score (nSPS) is 9.71. The van der Waals surface area contributed by atoms with Crippen molar-refractivity contribution in [3.05, 3.63) is 52.7 Å². The van der Waals surface area contributed by atoms with E-state index in [1.807, 2.05) is 19.1 Å². The number of nitriles is 1. The Labute approximate surface area is 104 Å². The van der Waals surface area contributed by atoms with Crippen molar-refractivity contribution in [3.63, 3.8) is 0 Å². The Morgan fingerprint density at radius 1 is 1.29 bits per heavy atom. The third-order valence-electron chi connectivity index (χ3n) is 2.22. The number of pyridine rings is 1. The Morgan fingerprint density at radius 3 is 2.71 bits per heavy atom. The lowest BCUT2D eigenvalue weighted by atomic mass is 10.2. The summed E-state index contributed by atoms with van der Waals surface area (Å²) in [6.07, 6.45) is 1.47. The first kappa shape index (κ1) is 11.4. The number of nitrogens with zero attached hydrogens (tertiary/aromatic N) is 2. The molecule has 3 nitrogen and oxygen atoms in total. The van der Waals surface area contributed by atoms with E-state index in [-0.39, 0.29) is 0 Å². The molecule has 1 heterocycles. The molecule has 0 aliphatic carbocycles. The number of benzene rings is 1. The summed E-state index contributed by atoms with van der Waals surface area (Å²) in [5.41, 5.74) is 1.44. The highest BCUT2D eigenvalue weighted by Gasteiger charge is 2.03. The summed E-state index contributed by atoms with van der Waals surface area (Å²) in [5, 5.41) is 9.32. The second kappa shape index (κ2) is 4.86. The fourth-order valence-electron chi connectivity index (χ4n) is 1.35. The van der Waals surface area contributed by atoms with Crippen LogP contribution in [0, 0.1) is 18.3 Å². The SMILES string of the molecule is Cc1cc(Cl)ccc1Oc1ccc(C#N)cn1. The molecule has 0 radical (unpaired) electrons. The van der Waals surface area contributed by atoms with Crippen LogP contribution >= 0.6 is 11.6 Å². The summed E-state index contributed by atoms with van der Waals surface area (Å²) < 4.78 is 5.58. The van der Waals surface area contributed by atoms with Gasteiger partial charge in [-0.15, -0.1) is 0 Å². The molecule has 1 aromatic carbocycles. The minimum absolute atomic E-state index is 0.453. The molecule has 0 saturated carbocycles. The summed E-state index contributed by atoms with van der Waals surface area (Å²) in [6.45, 7) is 1.91. The van der Waals surface area contributed by atoms with Crippen molar-refractivity contribution in [2.24, 2.45) is 0 Å². The molecule has 84 valence electrons. The van der Waals surface area contributed by atoms with Crippen molar-refractivity contribution in [2.75, 3.05) is 0 Å². The number of halogens is 1. The Balaban J connectivity index is 2.23. The highest BCUT2D eigenvalue weighted by molar-refractivity contribution is 6.30. The molecule has 0 amide bonds. The largest absolute Gasteiger partial charge is 0.439 e. The first-order valence-electron chi connectivity index (χ1n) is 4.99. The minimum Gasteiger partial charge on any atom is -0.439 e. The summed E-state index contributed by atoms with van der Waals surface area (Å²) in [5.74, 6) is 1.15. The van der Waals surface area contributed by atoms with E-state index in [2.05, 4.69) is 4.98 Å². The maximum Gasteiger partial charge on any atom is 0.219 e. The van der Waals surface area contributed by atoms with Crippen LogP contribution in [0.4, 0.5) is 0 Å². The molecule has 2 aromatic rings. The lowest BCUT2D eigenvalue weighted by molar-refractivity contribution is 0.459. The van der Waals surface area contributed by atoms with Gasteiger partial charge in [-0.05, 0) is 36.8 Å². The molecule has 0 N–H and O–H groups in total. The van der Waals surface area contributed by atoms with Crippen LogP contribution < -0.4 is 4.74 Å². The Kier molecular flexibility index (Phi) is 3.27. The third-order valence-corrected chi connectivity index (χ3v) is 2.45. The number of rotatable bonds is 2. The van der Waals surface area contributed by atoms with Gasteiger partial charge in [0.05, 0.1) is 5.56 Å². The summed E-state index contributed by atoms with van der Waals surface area (Å²) in [6, 6.07) is 10.7. The third kappa shape index (κ3) is 2.74. The molecular formula is C13H9ClN2O.